The van der Waals surface area contributed by atoms with Crippen molar-refractivity contribution in [2.24, 2.45) is 0 Å². The van der Waals surface area contributed by atoms with Gasteiger partial charge in [0.05, 0.1) is 6.61 Å². The maximum Gasteiger partial charge on any atom is 0.305 e. The molecule has 0 aromatic rings. The van der Waals surface area contributed by atoms with Crippen molar-refractivity contribution in [1.29, 1.82) is 0 Å². The first-order valence-corrected chi connectivity index (χ1v) is 8.18. The van der Waals surface area contributed by atoms with E-state index in [1.165, 1.54) is 32.1 Å². The Balaban J connectivity index is 3.15. The summed E-state index contributed by atoms with van der Waals surface area (Å²) < 4.78 is 5.22. The van der Waals surface area contributed by atoms with Crippen molar-refractivity contribution in [3.8, 4) is 0 Å². The summed E-state index contributed by atoms with van der Waals surface area (Å²) in [5, 5.41) is 0. The van der Waals surface area contributed by atoms with Gasteiger partial charge in [0.2, 0.25) is 0 Å². The maximum atomic E-state index is 11.4. The quantitative estimate of drug-likeness (QED) is 0.222. The van der Waals surface area contributed by atoms with Gasteiger partial charge in [-0.3, -0.25) is 4.79 Å². The van der Waals surface area contributed by atoms with Gasteiger partial charge < -0.3 is 4.74 Å². The van der Waals surface area contributed by atoms with Crippen LogP contribution in [0.4, 0.5) is 0 Å². The zero-order valence-corrected chi connectivity index (χ0v) is 13.1. The van der Waals surface area contributed by atoms with Gasteiger partial charge in [0.25, 0.3) is 0 Å². The Kier molecular flexibility index (Phi) is 15.2. The van der Waals surface area contributed by atoms with E-state index in [1.54, 1.807) is 0 Å². The van der Waals surface area contributed by atoms with Gasteiger partial charge in [-0.2, -0.15) is 0 Å². The van der Waals surface area contributed by atoms with Crippen LogP contribution in [0, 0.1) is 0 Å². The molecule has 0 aliphatic carbocycles. The first-order chi connectivity index (χ1) is 9.81. The topological polar surface area (TPSA) is 26.3 Å². The number of allylic oxidation sites excluding steroid dienone is 2. The second-order valence-corrected chi connectivity index (χ2v) is 5.31. The van der Waals surface area contributed by atoms with E-state index < -0.39 is 0 Å². The molecule has 20 heavy (non-hydrogen) atoms. The van der Waals surface area contributed by atoms with Gasteiger partial charge in [0, 0.05) is 6.42 Å². The third kappa shape index (κ3) is 15.0. The number of unbranched alkanes of at least 4 members (excludes halogenated alkanes) is 9. The zero-order valence-electron chi connectivity index (χ0n) is 13.1. The number of hydrogen-bond donors (Lipinski definition) is 0. The number of hydrogen-bond acceptors (Lipinski definition) is 2. The highest BCUT2D eigenvalue weighted by Gasteiger charge is 2.01. The fourth-order valence-electron chi connectivity index (χ4n) is 2.09. The summed E-state index contributed by atoms with van der Waals surface area (Å²) in [7, 11) is 0. The normalized spacial score (nSPS) is 10.2. The molecule has 0 radical (unpaired) electrons. The van der Waals surface area contributed by atoms with Crippen molar-refractivity contribution in [3.63, 3.8) is 0 Å². The molecule has 0 aliphatic heterocycles. The van der Waals surface area contributed by atoms with Crippen LogP contribution in [0.2, 0.25) is 0 Å². The molecular weight excluding hydrogens is 248 g/mol. The van der Waals surface area contributed by atoms with Gasteiger partial charge >= 0.3 is 5.97 Å². The number of rotatable bonds is 15. The van der Waals surface area contributed by atoms with Crippen LogP contribution in [0.1, 0.15) is 77.0 Å². The standard InChI is InChI=1S/C18H32O2/c1-3-5-7-9-10-11-13-15-17-20-18(19)16-14-12-8-6-4-2/h3-4H,1-2,5-17H2. The monoisotopic (exact) mass is 280 g/mol. The molecule has 0 aliphatic rings. The van der Waals surface area contributed by atoms with E-state index in [2.05, 4.69) is 13.2 Å². The minimum Gasteiger partial charge on any atom is -0.466 e. The van der Waals surface area contributed by atoms with Crippen molar-refractivity contribution in [2.75, 3.05) is 6.61 Å². The lowest BCUT2D eigenvalue weighted by Gasteiger charge is -2.05. The van der Waals surface area contributed by atoms with Crippen molar-refractivity contribution in [2.45, 2.75) is 77.0 Å². The number of carbonyl (C=O) groups is 1. The van der Waals surface area contributed by atoms with Crippen molar-refractivity contribution >= 4 is 5.97 Å². The van der Waals surface area contributed by atoms with Crippen molar-refractivity contribution < 1.29 is 9.53 Å². The predicted molar refractivity (Wildman–Crippen MR) is 86.8 cm³/mol. The number of esters is 1. The zero-order chi connectivity index (χ0) is 14.9. The van der Waals surface area contributed by atoms with Crippen LogP contribution in [0.5, 0.6) is 0 Å². The second kappa shape index (κ2) is 16.0. The molecule has 0 unspecified atom stereocenters. The van der Waals surface area contributed by atoms with E-state index in [4.69, 9.17) is 4.74 Å². The van der Waals surface area contributed by atoms with E-state index in [-0.39, 0.29) is 5.97 Å². The first-order valence-electron chi connectivity index (χ1n) is 8.18. The SMILES string of the molecule is C=CCCCCCCCCOC(=O)CCCCCC=C. The van der Waals surface area contributed by atoms with Crippen LogP contribution in [0.15, 0.2) is 25.3 Å². The summed E-state index contributed by atoms with van der Waals surface area (Å²) in [6.07, 6.45) is 17.1. The Morgan fingerprint density at radius 3 is 1.85 bits per heavy atom. The summed E-state index contributed by atoms with van der Waals surface area (Å²) >= 11 is 0. The maximum absolute atomic E-state index is 11.4. The molecule has 0 fully saturated rings. The van der Waals surface area contributed by atoms with Gasteiger partial charge in [-0.15, -0.1) is 13.2 Å². The second-order valence-electron chi connectivity index (χ2n) is 5.31. The smallest absolute Gasteiger partial charge is 0.305 e. The van der Waals surface area contributed by atoms with Crippen LogP contribution in [-0.4, -0.2) is 12.6 Å². The average molecular weight is 280 g/mol. The first kappa shape index (κ1) is 18.9. The third-order valence-electron chi connectivity index (χ3n) is 3.35. The summed E-state index contributed by atoms with van der Waals surface area (Å²) in [6.45, 7) is 8.00. The van der Waals surface area contributed by atoms with Gasteiger partial charge in [0.1, 0.15) is 0 Å². The van der Waals surface area contributed by atoms with Crippen LogP contribution >= 0.6 is 0 Å². The van der Waals surface area contributed by atoms with E-state index in [0.717, 1.165) is 38.5 Å². The summed E-state index contributed by atoms with van der Waals surface area (Å²) in [5.74, 6) is -0.0328. The molecule has 2 heteroatoms. The lowest BCUT2D eigenvalue weighted by atomic mass is 10.1. The lowest BCUT2D eigenvalue weighted by Crippen LogP contribution is -2.05. The number of carbonyl (C=O) groups excluding carboxylic acids is 1. The van der Waals surface area contributed by atoms with E-state index >= 15 is 0 Å². The molecular formula is C18H32O2. The van der Waals surface area contributed by atoms with Crippen LogP contribution < -0.4 is 0 Å². The molecule has 0 bridgehead atoms. The van der Waals surface area contributed by atoms with Crippen LogP contribution in [0.3, 0.4) is 0 Å². The molecule has 0 aromatic carbocycles. The van der Waals surface area contributed by atoms with Gasteiger partial charge in [-0.25, -0.2) is 0 Å². The number of ether oxygens (including phenoxy) is 1. The summed E-state index contributed by atoms with van der Waals surface area (Å²) in [5.41, 5.74) is 0. The highest BCUT2D eigenvalue weighted by molar-refractivity contribution is 5.69. The molecule has 0 saturated heterocycles. The van der Waals surface area contributed by atoms with Crippen molar-refractivity contribution in [3.05, 3.63) is 25.3 Å². The predicted octanol–water partition coefficient (Wildman–Crippen LogP) is 5.58. The van der Waals surface area contributed by atoms with Gasteiger partial charge in [0.15, 0.2) is 0 Å². The van der Waals surface area contributed by atoms with Gasteiger partial charge in [-0.1, -0.05) is 44.3 Å². The molecule has 0 atom stereocenters. The Hall–Kier alpha value is -1.05. The minimum atomic E-state index is -0.0328. The molecule has 2 nitrogen and oxygen atoms in total. The Morgan fingerprint density at radius 2 is 1.25 bits per heavy atom. The van der Waals surface area contributed by atoms with E-state index in [9.17, 15) is 4.79 Å². The molecule has 116 valence electrons. The lowest BCUT2D eigenvalue weighted by molar-refractivity contribution is -0.143. The average Bonchev–Trinajstić information content (AvgIpc) is 2.45. The fourth-order valence-corrected chi connectivity index (χ4v) is 2.09. The minimum absolute atomic E-state index is 0.0328. The Bertz CT molecular complexity index is 246. The third-order valence-corrected chi connectivity index (χ3v) is 3.35. The molecule has 0 aromatic heterocycles. The Labute approximate surface area is 125 Å². The summed E-state index contributed by atoms with van der Waals surface area (Å²) in [4.78, 5) is 11.4. The molecule has 0 amide bonds. The van der Waals surface area contributed by atoms with E-state index in [1.807, 2.05) is 12.2 Å². The molecule has 0 rings (SSSR count). The molecule has 0 spiro atoms. The van der Waals surface area contributed by atoms with Gasteiger partial charge in [-0.05, 0) is 38.5 Å². The van der Waals surface area contributed by atoms with Crippen molar-refractivity contribution in [1.82, 2.24) is 0 Å². The van der Waals surface area contributed by atoms with Crippen LogP contribution in [0.25, 0.3) is 0 Å². The molecule has 0 saturated carbocycles. The highest BCUT2D eigenvalue weighted by Crippen LogP contribution is 2.08. The summed E-state index contributed by atoms with van der Waals surface area (Å²) in [6, 6.07) is 0. The largest absolute Gasteiger partial charge is 0.466 e. The highest BCUT2D eigenvalue weighted by atomic mass is 16.5. The van der Waals surface area contributed by atoms with Crippen LogP contribution in [-0.2, 0) is 9.53 Å². The van der Waals surface area contributed by atoms with E-state index in [0.29, 0.717) is 13.0 Å². The molecule has 0 heterocycles. The Morgan fingerprint density at radius 1 is 0.750 bits per heavy atom. The fraction of sp³-hybridized carbons (Fsp3) is 0.722. The molecule has 0 N–H and O–H groups in total.